The second-order valence-electron chi connectivity index (χ2n) is 9.33. The van der Waals surface area contributed by atoms with E-state index in [0.29, 0.717) is 5.66 Å². The zero-order valence-electron chi connectivity index (χ0n) is 19.0. The summed E-state index contributed by atoms with van der Waals surface area (Å²) in [7, 11) is -1.97. The van der Waals surface area contributed by atoms with Crippen LogP contribution in [-0.2, 0) is 5.41 Å². The zero-order valence-corrected chi connectivity index (χ0v) is 19.9. The van der Waals surface area contributed by atoms with Gasteiger partial charge in [0, 0.05) is 11.0 Å². The molecule has 32 heavy (non-hydrogen) atoms. The third-order valence-corrected chi connectivity index (χ3v) is 11.7. The lowest BCUT2D eigenvalue weighted by Crippen LogP contribution is -2.34. The summed E-state index contributed by atoms with van der Waals surface area (Å²) in [5.41, 5.74) is 3.07. The van der Waals surface area contributed by atoms with Crippen LogP contribution in [0.15, 0.2) is 109 Å². The van der Waals surface area contributed by atoms with E-state index in [1.807, 2.05) is 0 Å². The van der Waals surface area contributed by atoms with Crippen molar-refractivity contribution in [3.8, 4) is 5.75 Å². The smallest absolute Gasteiger partial charge is 0.123 e. The normalized spacial score (nSPS) is 15.6. The van der Waals surface area contributed by atoms with Gasteiger partial charge in [0.2, 0.25) is 0 Å². The molecule has 4 aromatic rings. The molecule has 0 amide bonds. The molecule has 4 aromatic carbocycles. The van der Waals surface area contributed by atoms with Gasteiger partial charge in [0.1, 0.15) is 34.6 Å². The molecule has 0 bridgehead atoms. The van der Waals surface area contributed by atoms with Crippen LogP contribution in [0.5, 0.6) is 5.75 Å². The highest BCUT2D eigenvalue weighted by Crippen LogP contribution is 2.66. The third kappa shape index (κ3) is 3.37. The molecular weight excluding hydrogens is 407 g/mol. The Kier molecular flexibility index (Phi) is 5.39. The van der Waals surface area contributed by atoms with Crippen LogP contribution in [0.3, 0.4) is 0 Å². The Labute approximate surface area is 192 Å². The van der Waals surface area contributed by atoms with Crippen molar-refractivity contribution in [3.05, 3.63) is 120 Å². The molecule has 160 valence electrons. The van der Waals surface area contributed by atoms with Gasteiger partial charge in [0.25, 0.3) is 0 Å². The summed E-state index contributed by atoms with van der Waals surface area (Å²) in [4.78, 5) is 0. The van der Waals surface area contributed by atoms with Crippen LogP contribution in [0, 0.1) is 0 Å². The first kappa shape index (κ1) is 21.0. The quantitative estimate of drug-likeness (QED) is 0.328. The summed E-state index contributed by atoms with van der Waals surface area (Å²) < 4.78 is 6.00. The van der Waals surface area contributed by atoms with E-state index in [0.717, 1.165) is 12.4 Å². The maximum absolute atomic E-state index is 6.00. The van der Waals surface area contributed by atoms with Gasteiger partial charge in [-0.1, -0.05) is 74.5 Å². The molecule has 0 spiro atoms. The Balaban J connectivity index is 1.79. The van der Waals surface area contributed by atoms with Crippen LogP contribution in [0.4, 0.5) is 0 Å². The first-order chi connectivity index (χ1) is 15.5. The van der Waals surface area contributed by atoms with Crippen molar-refractivity contribution in [2.45, 2.75) is 31.8 Å². The number of hydrogen-bond acceptors (Lipinski definition) is 1. The number of fused-ring (bicyclic) bond motifs is 1. The molecule has 1 nitrogen and oxygen atoms in total. The van der Waals surface area contributed by atoms with Crippen LogP contribution in [0.2, 0.25) is 0 Å². The van der Waals surface area contributed by atoms with Crippen molar-refractivity contribution in [3.63, 3.8) is 0 Å². The summed E-state index contributed by atoms with van der Waals surface area (Å²) in [6, 6.07) is 40.3. The van der Waals surface area contributed by atoms with Crippen molar-refractivity contribution in [2.75, 3.05) is 6.61 Å². The van der Waals surface area contributed by atoms with Crippen LogP contribution in [0.1, 0.15) is 37.6 Å². The maximum Gasteiger partial charge on any atom is 0.123 e. The Bertz CT molecular complexity index is 1100. The summed E-state index contributed by atoms with van der Waals surface area (Å²) in [5, 5.41) is 4.25. The van der Waals surface area contributed by atoms with Crippen molar-refractivity contribution in [1.29, 1.82) is 0 Å². The fourth-order valence-corrected chi connectivity index (χ4v) is 9.90. The fourth-order valence-electron chi connectivity index (χ4n) is 5.13. The summed E-state index contributed by atoms with van der Waals surface area (Å²) in [5.74, 6) is 1.04. The van der Waals surface area contributed by atoms with E-state index >= 15 is 0 Å². The first-order valence-electron chi connectivity index (χ1n) is 11.4. The molecule has 1 heterocycles. The largest absolute Gasteiger partial charge is 0.492 e. The van der Waals surface area contributed by atoms with E-state index in [1.165, 1.54) is 27.0 Å². The maximum atomic E-state index is 6.00. The SMILES string of the molecule is C[C@H](c1ccc2c(c1)C(C)(C)CO2)[P+](c1ccccc1)(c1ccccc1)c1ccccc1. The molecule has 0 unspecified atom stereocenters. The van der Waals surface area contributed by atoms with E-state index in [4.69, 9.17) is 4.74 Å². The van der Waals surface area contributed by atoms with Gasteiger partial charge in [-0.05, 0) is 61.0 Å². The lowest BCUT2D eigenvalue weighted by Gasteiger charge is -2.33. The Morgan fingerprint density at radius 3 is 1.62 bits per heavy atom. The van der Waals surface area contributed by atoms with Gasteiger partial charge in [0.15, 0.2) is 0 Å². The molecule has 0 radical (unpaired) electrons. The predicted molar refractivity (Wildman–Crippen MR) is 139 cm³/mol. The van der Waals surface area contributed by atoms with Gasteiger partial charge >= 0.3 is 0 Å². The minimum atomic E-state index is -1.97. The first-order valence-corrected chi connectivity index (χ1v) is 13.2. The Hall–Kier alpha value is -2.89. The third-order valence-electron chi connectivity index (χ3n) is 6.88. The molecule has 1 aliphatic heterocycles. The molecule has 0 fully saturated rings. The molecule has 2 heteroatoms. The Morgan fingerprint density at radius 2 is 1.16 bits per heavy atom. The molecule has 1 atom stereocenters. The summed E-state index contributed by atoms with van der Waals surface area (Å²) in [6.07, 6.45) is 0. The van der Waals surface area contributed by atoms with E-state index in [9.17, 15) is 0 Å². The minimum Gasteiger partial charge on any atom is -0.492 e. The molecule has 0 aliphatic carbocycles. The molecule has 1 aliphatic rings. The molecule has 0 saturated carbocycles. The van der Waals surface area contributed by atoms with Crippen molar-refractivity contribution in [1.82, 2.24) is 0 Å². The second kappa shape index (κ2) is 8.23. The summed E-state index contributed by atoms with van der Waals surface area (Å²) in [6.45, 7) is 7.73. The second-order valence-corrected chi connectivity index (χ2v) is 13.1. The molecule has 0 N–H and O–H groups in total. The number of rotatable bonds is 5. The Morgan fingerprint density at radius 1 is 0.688 bits per heavy atom. The molecule has 0 aromatic heterocycles. The predicted octanol–water partition coefficient (Wildman–Crippen LogP) is 6.41. The van der Waals surface area contributed by atoms with Gasteiger partial charge < -0.3 is 4.74 Å². The van der Waals surface area contributed by atoms with Gasteiger partial charge in [0.05, 0.1) is 6.61 Å². The van der Waals surface area contributed by atoms with E-state index in [1.54, 1.807) is 0 Å². The fraction of sp³-hybridized carbons (Fsp3) is 0.200. The molecular formula is C30H30OP+. The standard InChI is InChI=1S/C30H30OP/c1-23(24-19-20-29-28(21-24)30(2,3)22-31-29)32(25-13-7-4-8-14-25,26-15-9-5-10-16-26)27-17-11-6-12-18-27/h4-21,23H,22H2,1-3H3/q+1/t23-/m1/s1. The topological polar surface area (TPSA) is 9.23 Å². The van der Waals surface area contributed by atoms with Gasteiger partial charge in [-0.3, -0.25) is 0 Å². The van der Waals surface area contributed by atoms with Crippen molar-refractivity contribution in [2.24, 2.45) is 0 Å². The average molecular weight is 438 g/mol. The van der Waals surface area contributed by atoms with Crippen molar-refractivity contribution < 1.29 is 4.74 Å². The van der Waals surface area contributed by atoms with Crippen molar-refractivity contribution >= 4 is 23.2 Å². The van der Waals surface area contributed by atoms with Gasteiger partial charge in [-0.15, -0.1) is 0 Å². The van der Waals surface area contributed by atoms with Gasteiger partial charge in [-0.25, -0.2) is 0 Å². The minimum absolute atomic E-state index is 0.0401. The van der Waals surface area contributed by atoms with E-state index in [-0.39, 0.29) is 5.41 Å². The highest BCUT2D eigenvalue weighted by atomic mass is 31.2. The molecule has 0 saturated heterocycles. The van der Waals surface area contributed by atoms with Crippen LogP contribution >= 0.6 is 7.26 Å². The summed E-state index contributed by atoms with van der Waals surface area (Å²) >= 11 is 0. The van der Waals surface area contributed by atoms with Gasteiger partial charge in [-0.2, -0.15) is 0 Å². The average Bonchev–Trinajstić information content (AvgIpc) is 3.15. The monoisotopic (exact) mass is 437 g/mol. The van der Waals surface area contributed by atoms with Crippen LogP contribution in [0.25, 0.3) is 0 Å². The highest BCUT2D eigenvalue weighted by molar-refractivity contribution is 7.95. The van der Waals surface area contributed by atoms with Crippen LogP contribution < -0.4 is 20.7 Å². The van der Waals surface area contributed by atoms with E-state index < -0.39 is 7.26 Å². The number of benzene rings is 4. The highest BCUT2D eigenvalue weighted by Gasteiger charge is 2.51. The number of hydrogen-bond donors (Lipinski definition) is 0. The van der Waals surface area contributed by atoms with Crippen LogP contribution in [-0.4, -0.2) is 6.61 Å². The number of ether oxygens (including phenoxy) is 1. The zero-order chi connectivity index (χ0) is 22.2. The molecule has 5 rings (SSSR count). The lowest BCUT2D eigenvalue weighted by molar-refractivity contribution is 0.291. The lowest BCUT2D eigenvalue weighted by atomic mass is 9.86. The van der Waals surface area contributed by atoms with E-state index in [2.05, 4.69) is 130 Å².